The molecule has 1 saturated carbocycles. The lowest BCUT2D eigenvalue weighted by Gasteiger charge is -2.43. The molecule has 0 aromatic rings. The minimum Gasteiger partial charge on any atom is -0.354 e. The number of amides is 1. The number of nitrogens with zero attached hydrogens (tertiary/aromatic N) is 1. The van der Waals surface area contributed by atoms with Gasteiger partial charge >= 0.3 is 0 Å². The van der Waals surface area contributed by atoms with Gasteiger partial charge in [0.1, 0.15) is 4.33 Å². The smallest absolute Gasteiger partial charge is 0.229 e. The molecule has 116 valence electrons. The number of halogens is 2. The van der Waals surface area contributed by atoms with Crippen LogP contribution in [0, 0.1) is 11.3 Å². The number of alkyl halides is 2. The van der Waals surface area contributed by atoms with Crippen molar-refractivity contribution in [2.75, 3.05) is 19.6 Å². The second kappa shape index (κ2) is 5.33. The largest absolute Gasteiger partial charge is 0.354 e. The third kappa shape index (κ3) is 3.10. The van der Waals surface area contributed by atoms with Crippen LogP contribution in [0.2, 0.25) is 0 Å². The average molecular weight is 321 g/mol. The van der Waals surface area contributed by atoms with Crippen molar-refractivity contribution in [3.05, 3.63) is 0 Å². The van der Waals surface area contributed by atoms with Crippen molar-refractivity contribution in [3.8, 4) is 0 Å². The molecule has 0 aromatic carbocycles. The van der Waals surface area contributed by atoms with Crippen molar-refractivity contribution in [2.45, 2.75) is 56.8 Å². The molecule has 0 unspecified atom stereocenters. The number of hydrogen-bond acceptors (Lipinski definition) is 2. The first kappa shape index (κ1) is 16.4. The Morgan fingerprint density at radius 2 is 2.05 bits per heavy atom. The van der Waals surface area contributed by atoms with Gasteiger partial charge < -0.3 is 5.32 Å². The standard InChI is InChI=1S/C15H26Cl2N2O/c1-11-6-5-7-19(8-11)13(2,3)10-18-12(20)14(4)9-15(14,16)17/h11H,5-10H2,1-4H3,(H,18,20)/t11-,14+/m1/s1. The Labute approximate surface area is 132 Å². The summed E-state index contributed by atoms with van der Waals surface area (Å²) in [5.74, 6) is 0.707. The summed E-state index contributed by atoms with van der Waals surface area (Å²) in [6, 6.07) is 0. The first-order valence-electron chi connectivity index (χ1n) is 7.50. The van der Waals surface area contributed by atoms with Crippen LogP contribution in [0.5, 0.6) is 0 Å². The van der Waals surface area contributed by atoms with E-state index in [1.54, 1.807) is 0 Å². The molecule has 1 saturated heterocycles. The molecule has 1 heterocycles. The Morgan fingerprint density at radius 3 is 2.55 bits per heavy atom. The maximum absolute atomic E-state index is 12.2. The van der Waals surface area contributed by atoms with Gasteiger partial charge in [-0.25, -0.2) is 0 Å². The molecule has 1 amide bonds. The van der Waals surface area contributed by atoms with Gasteiger partial charge in [0.2, 0.25) is 5.91 Å². The van der Waals surface area contributed by atoms with Gasteiger partial charge in [-0.15, -0.1) is 23.2 Å². The summed E-state index contributed by atoms with van der Waals surface area (Å²) in [6.07, 6.45) is 3.08. The zero-order valence-electron chi connectivity index (χ0n) is 12.9. The predicted molar refractivity (Wildman–Crippen MR) is 84.2 cm³/mol. The van der Waals surface area contributed by atoms with Crippen molar-refractivity contribution >= 4 is 29.1 Å². The van der Waals surface area contributed by atoms with E-state index in [1.165, 1.54) is 12.8 Å². The van der Waals surface area contributed by atoms with Crippen molar-refractivity contribution in [1.29, 1.82) is 0 Å². The van der Waals surface area contributed by atoms with E-state index in [2.05, 4.69) is 31.0 Å². The third-order valence-electron chi connectivity index (χ3n) is 4.95. The zero-order valence-corrected chi connectivity index (χ0v) is 14.4. The highest BCUT2D eigenvalue weighted by Crippen LogP contribution is 2.63. The normalized spacial score (nSPS) is 33.8. The number of piperidine rings is 1. The molecule has 2 aliphatic rings. The highest BCUT2D eigenvalue weighted by Gasteiger charge is 2.67. The minimum atomic E-state index is -0.888. The zero-order chi connectivity index (χ0) is 15.2. The quantitative estimate of drug-likeness (QED) is 0.807. The summed E-state index contributed by atoms with van der Waals surface area (Å²) in [4.78, 5) is 14.7. The Kier molecular flexibility index (Phi) is 4.37. The van der Waals surface area contributed by atoms with E-state index in [0.717, 1.165) is 19.0 Å². The van der Waals surface area contributed by atoms with Gasteiger partial charge in [0.05, 0.1) is 5.41 Å². The molecule has 3 nitrogen and oxygen atoms in total. The lowest BCUT2D eigenvalue weighted by Crippen LogP contribution is -2.55. The van der Waals surface area contributed by atoms with Gasteiger partial charge in [-0.1, -0.05) is 6.92 Å². The van der Waals surface area contributed by atoms with Gasteiger partial charge in [-0.2, -0.15) is 0 Å². The van der Waals surface area contributed by atoms with Crippen LogP contribution in [-0.2, 0) is 4.79 Å². The van der Waals surface area contributed by atoms with E-state index in [4.69, 9.17) is 23.2 Å². The van der Waals surface area contributed by atoms with E-state index < -0.39 is 9.75 Å². The Balaban J connectivity index is 1.88. The average Bonchev–Trinajstić information content (AvgIpc) is 2.87. The lowest BCUT2D eigenvalue weighted by molar-refractivity contribution is -0.126. The molecule has 0 aromatic heterocycles. The fourth-order valence-electron chi connectivity index (χ4n) is 2.99. The van der Waals surface area contributed by atoms with E-state index in [0.29, 0.717) is 13.0 Å². The summed E-state index contributed by atoms with van der Waals surface area (Å²) in [7, 11) is 0. The van der Waals surface area contributed by atoms with Crippen molar-refractivity contribution in [2.24, 2.45) is 11.3 Å². The molecule has 20 heavy (non-hydrogen) atoms. The third-order valence-corrected chi connectivity index (χ3v) is 6.06. The molecule has 0 radical (unpaired) electrons. The molecule has 0 spiro atoms. The van der Waals surface area contributed by atoms with Crippen LogP contribution < -0.4 is 5.32 Å². The fourth-order valence-corrected chi connectivity index (χ4v) is 3.70. The second-order valence-electron chi connectivity index (χ2n) is 7.40. The number of carbonyl (C=O) groups excluding carboxylic acids is 1. The number of likely N-dealkylation sites (tertiary alicyclic amines) is 1. The van der Waals surface area contributed by atoms with Crippen LogP contribution in [0.15, 0.2) is 0 Å². The summed E-state index contributed by atoms with van der Waals surface area (Å²) in [6.45, 7) is 11.4. The molecule has 5 heteroatoms. The van der Waals surface area contributed by atoms with Crippen molar-refractivity contribution < 1.29 is 4.79 Å². The Bertz CT molecular complexity index is 397. The SMILES string of the molecule is C[C@@H]1CCCN(C(C)(C)CNC(=O)[C@]2(C)CC2(Cl)Cl)C1. The predicted octanol–water partition coefficient (Wildman–Crippen LogP) is 3.20. The van der Waals surface area contributed by atoms with Crippen LogP contribution in [-0.4, -0.2) is 40.3 Å². The molecule has 2 rings (SSSR count). The van der Waals surface area contributed by atoms with Crippen LogP contribution in [0.25, 0.3) is 0 Å². The maximum atomic E-state index is 12.2. The van der Waals surface area contributed by atoms with Gasteiger partial charge in [0.25, 0.3) is 0 Å². The summed E-state index contributed by atoms with van der Waals surface area (Å²) >= 11 is 12.1. The Morgan fingerprint density at radius 1 is 1.45 bits per heavy atom. The van der Waals surface area contributed by atoms with Gasteiger partial charge in [0.15, 0.2) is 0 Å². The summed E-state index contributed by atoms with van der Waals surface area (Å²) in [5, 5.41) is 3.04. The molecule has 1 N–H and O–H groups in total. The van der Waals surface area contributed by atoms with Gasteiger partial charge in [0, 0.05) is 18.6 Å². The molecule has 0 bridgehead atoms. The maximum Gasteiger partial charge on any atom is 0.229 e. The minimum absolute atomic E-state index is 0.0272. The topological polar surface area (TPSA) is 32.3 Å². The van der Waals surface area contributed by atoms with Crippen LogP contribution in [0.4, 0.5) is 0 Å². The van der Waals surface area contributed by atoms with E-state index in [1.807, 2.05) is 6.92 Å². The molecular weight excluding hydrogens is 295 g/mol. The van der Waals surface area contributed by atoms with E-state index >= 15 is 0 Å². The van der Waals surface area contributed by atoms with Gasteiger partial charge in [-0.05, 0) is 52.5 Å². The fraction of sp³-hybridized carbons (Fsp3) is 0.933. The van der Waals surface area contributed by atoms with Crippen LogP contribution in [0.1, 0.15) is 47.0 Å². The van der Waals surface area contributed by atoms with E-state index in [-0.39, 0.29) is 11.4 Å². The molecule has 2 atom stereocenters. The summed E-state index contributed by atoms with van der Waals surface area (Å²) in [5.41, 5.74) is -0.655. The number of nitrogens with one attached hydrogen (secondary N) is 1. The highest BCUT2D eigenvalue weighted by molar-refractivity contribution is 6.53. The second-order valence-corrected chi connectivity index (χ2v) is 8.89. The van der Waals surface area contributed by atoms with Crippen molar-refractivity contribution in [3.63, 3.8) is 0 Å². The van der Waals surface area contributed by atoms with Gasteiger partial charge in [-0.3, -0.25) is 9.69 Å². The monoisotopic (exact) mass is 320 g/mol. The number of hydrogen-bond donors (Lipinski definition) is 1. The number of carbonyl (C=O) groups is 1. The molecule has 1 aliphatic heterocycles. The van der Waals surface area contributed by atoms with Crippen LogP contribution >= 0.6 is 23.2 Å². The first-order chi connectivity index (χ1) is 9.08. The lowest BCUT2D eigenvalue weighted by atomic mass is 9.93. The summed E-state index contributed by atoms with van der Waals surface area (Å²) < 4.78 is -0.888. The van der Waals surface area contributed by atoms with Crippen LogP contribution in [0.3, 0.4) is 0 Å². The molecular formula is C15H26Cl2N2O. The highest BCUT2D eigenvalue weighted by atomic mass is 35.5. The first-order valence-corrected chi connectivity index (χ1v) is 8.25. The van der Waals surface area contributed by atoms with E-state index in [9.17, 15) is 4.79 Å². The van der Waals surface area contributed by atoms with Crippen molar-refractivity contribution in [1.82, 2.24) is 10.2 Å². The molecule has 1 aliphatic carbocycles. The Hall–Kier alpha value is 0.01000. The number of rotatable bonds is 4. The molecule has 2 fully saturated rings.